The van der Waals surface area contributed by atoms with E-state index in [0.717, 1.165) is 11.3 Å². The Hall–Kier alpha value is -2.60. The molecule has 0 saturated carbocycles. The van der Waals surface area contributed by atoms with Crippen LogP contribution in [0.5, 0.6) is 0 Å². The largest absolute Gasteiger partial charge is 0.469 e. The Morgan fingerprint density at radius 3 is 2.40 bits per heavy atom. The zero-order valence-electron chi connectivity index (χ0n) is 13.8. The molecule has 0 aromatic heterocycles. The first-order valence-electron chi connectivity index (χ1n) is 7.90. The van der Waals surface area contributed by atoms with Crippen molar-refractivity contribution in [2.75, 3.05) is 7.11 Å². The van der Waals surface area contributed by atoms with E-state index in [9.17, 15) is 9.59 Å². The van der Waals surface area contributed by atoms with E-state index < -0.39 is 11.2 Å². The van der Waals surface area contributed by atoms with Crippen LogP contribution in [0, 0.1) is 0 Å². The molecule has 0 radical (unpaired) electrons. The van der Waals surface area contributed by atoms with Gasteiger partial charge in [-0.2, -0.15) is 0 Å². The number of hydrogen-bond acceptors (Lipinski definition) is 5. The number of amidine groups is 1. The minimum atomic E-state index is -0.501. The molecule has 1 fully saturated rings. The summed E-state index contributed by atoms with van der Waals surface area (Å²) in [4.78, 5) is 30.6. The van der Waals surface area contributed by atoms with Crippen LogP contribution < -0.4 is 0 Å². The second kappa shape index (κ2) is 7.98. The summed E-state index contributed by atoms with van der Waals surface area (Å²) in [5.41, 5.74) is 1.78. The number of carbonyl (C=O) groups is 2. The van der Waals surface area contributed by atoms with Crippen molar-refractivity contribution in [3.8, 4) is 0 Å². The van der Waals surface area contributed by atoms with E-state index in [1.807, 2.05) is 60.7 Å². The maximum atomic E-state index is 12.8. The average molecular weight is 354 g/mol. The lowest BCUT2D eigenvalue weighted by atomic mass is 10.2. The molecule has 0 spiro atoms. The molecule has 0 N–H and O–H groups in total. The first kappa shape index (κ1) is 17.2. The molecule has 1 atom stereocenters. The number of hydrogen-bond donors (Lipinski definition) is 0. The Labute approximate surface area is 150 Å². The van der Waals surface area contributed by atoms with Crippen molar-refractivity contribution in [1.29, 1.82) is 0 Å². The Kier molecular flexibility index (Phi) is 5.50. The maximum Gasteiger partial charge on any atom is 0.307 e. The summed E-state index contributed by atoms with van der Waals surface area (Å²) in [7, 11) is 1.33. The molecule has 1 heterocycles. The third kappa shape index (κ3) is 4.28. The van der Waals surface area contributed by atoms with Crippen LogP contribution in [0.15, 0.2) is 65.7 Å². The number of carbonyl (C=O) groups excluding carboxylic acids is 2. The number of para-hydroxylation sites is 1. The predicted molar refractivity (Wildman–Crippen MR) is 98.5 cm³/mol. The van der Waals surface area contributed by atoms with E-state index >= 15 is 0 Å². The van der Waals surface area contributed by atoms with Gasteiger partial charge in [-0.05, 0) is 17.7 Å². The van der Waals surface area contributed by atoms with Crippen molar-refractivity contribution in [2.45, 2.75) is 18.2 Å². The molecule has 1 aliphatic rings. The van der Waals surface area contributed by atoms with Crippen LogP contribution in [0.4, 0.5) is 5.69 Å². The highest BCUT2D eigenvalue weighted by Crippen LogP contribution is 2.32. The van der Waals surface area contributed by atoms with Gasteiger partial charge in [-0.25, -0.2) is 4.99 Å². The third-order valence-electron chi connectivity index (χ3n) is 3.76. The molecule has 0 aliphatic carbocycles. The van der Waals surface area contributed by atoms with Gasteiger partial charge in [0.25, 0.3) is 0 Å². The van der Waals surface area contributed by atoms with Crippen LogP contribution in [-0.4, -0.2) is 34.3 Å². The normalized spacial score (nSPS) is 18.6. The van der Waals surface area contributed by atoms with Crippen LogP contribution in [0.3, 0.4) is 0 Å². The minimum Gasteiger partial charge on any atom is -0.469 e. The van der Waals surface area contributed by atoms with Gasteiger partial charge in [0.1, 0.15) is 5.25 Å². The fraction of sp³-hybridized carbons (Fsp3) is 0.211. The molecule has 1 aliphatic heterocycles. The van der Waals surface area contributed by atoms with E-state index in [2.05, 4.69) is 4.99 Å². The number of rotatable bonds is 5. The molecule has 5 nitrogen and oxygen atoms in total. The number of amides is 1. The number of methoxy groups -OCH3 is 1. The number of thioether (sulfide) groups is 1. The highest BCUT2D eigenvalue weighted by Gasteiger charge is 2.39. The number of ether oxygens (including phenoxy) is 1. The molecule has 2 aromatic carbocycles. The van der Waals surface area contributed by atoms with Crippen molar-refractivity contribution in [3.63, 3.8) is 0 Å². The molecular formula is C19H18N2O3S. The molecular weight excluding hydrogens is 336 g/mol. The number of aliphatic imine (C=N–C) groups is 1. The summed E-state index contributed by atoms with van der Waals surface area (Å²) >= 11 is 1.31. The lowest BCUT2D eigenvalue weighted by molar-refractivity contribution is -0.142. The number of benzene rings is 2. The third-order valence-corrected chi connectivity index (χ3v) is 4.94. The summed E-state index contributed by atoms with van der Waals surface area (Å²) in [5.74, 6) is -0.514. The zero-order valence-corrected chi connectivity index (χ0v) is 14.6. The van der Waals surface area contributed by atoms with E-state index in [4.69, 9.17) is 4.74 Å². The smallest absolute Gasteiger partial charge is 0.307 e. The van der Waals surface area contributed by atoms with Gasteiger partial charge < -0.3 is 4.74 Å². The second-order valence-corrected chi connectivity index (χ2v) is 6.70. The Morgan fingerprint density at radius 1 is 1.12 bits per heavy atom. The van der Waals surface area contributed by atoms with Crippen LogP contribution in [0.2, 0.25) is 0 Å². The molecule has 1 saturated heterocycles. The van der Waals surface area contributed by atoms with E-state index in [1.54, 1.807) is 4.90 Å². The lowest BCUT2D eigenvalue weighted by Gasteiger charge is -2.16. The Morgan fingerprint density at radius 2 is 1.76 bits per heavy atom. The van der Waals surface area contributed by atoms with Gasteiger partial charge in [0, 0.05) is 0 Å². The summed E-state index contributed by atoms with van der Waals surface area (Å²) < 4.78 is 4.70. The van der Waals surface area contributed by atoms with Crippen LogP contribution in [0.25, 0.3) is 0 Å². The highest BCUT2D eigenvalue weighted by molar-refractivity contribution is 8.15. The molecule has 25 heavy (non-hydrogen) atoms. The van der Waals surface area contributed by atoms with Crippen molar-refractivity contribution in [2.24, 2.45) is 4.99 Å². The molecule has 0 bridgehead atoms. The summed E-state index contributed by atoms with van der Waals surface area (Å²) in [5, 5.41) is 0.104. The quantitative estimate of drug-likeness (QED) is 0.773. The van der Waals surface area contributed by atoms with Gasteiger partial charge in [-0.15, -0.1) is 0 Å². The van der Waals surface area contributed by atoms with Crippen molar-refractivity contribution in [3.05, 3.63) is 66.2 Å². The Balaban J connectivity index is 1.87. The first-order chi connectivity index (χ1) is 12.2. The van der Waals surface area contributed by atoms with Gasteiger partial charge >= 0.3 is 5.97 Å². The van der Waals surface area contributed by atoms with Gasteiger partial charge in [0.15, 0.2) is 5.17 Å². The summed E-state index contributed by atoms with van der Waals surface area (Å²) in [6.45, 7) is 0.427. The average Bonchev–Trinajstić information content (AvgIpc) is 2.92. The van der Waals surface area contributed by atoms with Crippen LogP contribution in [0.1, 0.15) is 12.0 Å². The standard InChI is InChI=1S/C19H18N2O3S/c1-24-17(22)12-16-18(23)21(13-14-8-4-2-5-9-14)19(25-16)20-15-10-6-3-7-11-15/h2-11,16H,12-13H2,1H3. The van der Waals surface area contributed by atoms with Crippen molar-refractivity contribution in [1.82, 2.24) is 4.90 Å². The highest BCUT2D eigenvalue weighted by atomic mass is 32.2. The molecule has 6 heteroatoms. The van der Waals surface area contributed by atoms with E-state index in [1.165, 1.54) is 18.9 Å². The fourth-order valence-electron chi connectivity index (χ4n) is 2.48. The topological polar surface area (TPSA) is 59.0 Å². The number of esters is 1. The zero-order chi connectivity index (χ0) is 17.6. The number of nitrogens with zero attached hydrogens (tertiary/aromatic N) is 2. The van der Waals surface area contributed by atoms with Crippen LogP contribution >= 0.6 is 11.8 Å². The summed E-state index contributed by atoms with van der Waals surface area (Å²) in [6.07, 6.45) is 0.0408. The van der Waals surface area contributed by atoms with E-state index in [-0.39, 0.29) is 12.3 Å². The SMILES string of the molecule is COC(=O)CC1SC(=Nc2ccccc2)N(Cc2ccccc2)C1=O. The molecule has 1 unspecified atom stereocenters. The predicted octanol–water partition coefficient (Wildman–Crippen LogP) is 3.38. The van der Waals surface area contributed by atoms with Gasteiger partial charge in [0.05, 0.1) is 25.8 Å². The monoisotopic (exact) mass is 354 g/mol. The maximum absolute atomic E-state index is 12.8. The Bertz CT molecular complexity index is 778. The minimum absolute atomic E-state index is 0.0408. The lowest BCUT2D eigenvalue weighted by Crippen LogP contribution is -2.32. The van der Waals surface area contributed by atoms with Gasteiger partial charge in [0.2, 0.25) is 5.91 Å². The molecule has 3 rings (SSSR count). The first-order valence-corrected chi connectivity index (χ1v) is 8.78. The van der Waals surface area contributed by atoms with E-state index in [0.29, 0.717) is 11.7 Å². The molecule has 2 aromatic rings. The second-order valence-electron chi connectivity index (χ2n) is 5.53. The fourth-order valence-corrected chi connectivity index (χ4v) is 3.63. The molecule has 1 amide bonds. The molecule has 128 valence electrons. The van der Waals surface area contributed by atoms with Crippen molar-refractivity contribution < 1.29 is 14.3 Å². The van der Waals surface area contributed by atoms with Gasteiger partial charge in [-0.1, -0.05) is 60.3 Å². The summed E-state index contributed by atoms with van der Waals surface area (Å²) in [6, 6.07) is 19.2. The van der Waals surface area contributed by atoms with Gasteiger partial charge in [-0.3, -0.25) is 14.5 Å². The van der Waals surface area contributed by atoms with Crippen LogP contribution in [-0.2, 0) is 20.9 Å². The van der Waals surface area contributed by atoms with Crippen molar-refractivity contribution >= 4 is 34.5 Å².